The van der Waals surface area contributed by atoms with Crippen LogP contribution in [-0.4, -0.2) is 23.3 Å². The molecule has 0 saturated heterocycles. The Bertz CT molecular complexity index is 629. The van der Waals surface area contributed by atoms with Crippen LogP contribution in [0.5, 0.6) is 0 Å². The van der Waals surface area contributed by atoms with Crippen molar-refractivity contribution in [1.29, 1.82) is 0 Å². The van der Waals surface area contributed by atoms with E-state index in [0.29, 0.717) is 6.54 Å². The van der Waals surface area contributed by atoms with Gasteiger partial charge in [0.05, 0.1) is 31.2 Å². The topological polar surface area (TPSA) is 37.4 Å². The lowest BCUT2D eigenvalue weighted by atomic mass is 10.1. The van der Waals surface area contributed by atoms with Crippen molar-refractivity contribution in [2.24, 2.45) is 0 Å². The van der Waals surface area contributed by atoms with Gasteiger partial charge in [-0.15, -0.1) is 0 Å². The predicted molar refractivity (Wildman–Crippen MR) is 104 cm³/mol. The number of hydrogen-bond acceptors (Lipinski definition) is 2. The molecular formula is C18H21Cl4NO2. The zero-order valence-corrected chi connectivity index (χ0v) is 17.2. The maximum Gasteiger partial charge on any atom is 0.263 e. The number of carbonyl (C=O) groups is 2. The van der Waals surface area contributed by atoms with Crippen LogP contribution in [0.15, 0.2) is 0 Å². The first-order valence-corrected chi connectivity index (χ1v) is 10.1. The fourth-order valence-electron chi connectivity index (χ4n) is 3.00. The van der Waals surface area contributed by atoms with Crippen LogP contribution in [0, 0.1) is 0 Å². The number of benzene rings is 1. The van der Waals surface area contributed by atoms with Gasteiger partial charge in [0, 0.05) is 6.54 Å². The van der Waals surface area contributed by atoms with E-state index in [2.05, 4.69) is 6.92 Å². The molecule has 7 heteroatoms. The fraction of sp³-hybridized carbons (Fsp3) is 0.556. The zero-order valence-electron chi connectivity index (χ0n) is 14.1. The summed E-state index contributed by atoms with van der Waals surface area (Å²) in [6.07, 6.45) is 9.05. The molecule has 1 aliphatic rings. The smallest absolute Gasteiger partial charge is 0.263 e. The van der Waals surface area contributed by atoms with E-state index < -0.39 is 11.8 Å². The van der Waals surface area contributed by atoms with Crippen molar-refractivity contribution < 1.29 is 9.59 Å². The summed E-state index contributed by atoms with van der Waals surface area (Å²) < 4.78 is 0. The normalized spacial score (nSPS) is 13.7. The first kappa shape index (κ1) is 20.8. The molecule has 0 radical (unpaired) electrons. The predicted octanol–water partition coefficient (Wildman–Crippen LogP) is 7.04. The van der Waals surface area contributed by atoms with Crippen LogP contribution in [0.25, 0.3) is 0 Å². The van der Waals surface area contributed by atoms with Crippen LogP contribution in [0.1, 0.15) is 79.0 Å². The van der Waals surface area contributed by atoms with E-state index in [4.69, 9.17) is 46.4 Å². The summed E-state index contributed by atoms with van der Waals surface area (Å²) >= 11 is 24.2. The van der Waals surface area contributed by atoms with Gasteiger partial charge in [-0.3, -0.25) is 14.5 Å². The number of nitrogens with zero attached hydrogens (tertiary/aromatic N) is 1. The number of hydrogen-bond donors (Lipinski definition) is 0. The molecule has 25 heavy (non-hydrogen) atoms. The van der Waals surface area contributed by atoms with Crippen LogP contribution in [0.2, 0.25) is 20.1 Å². The minimum absolute atomic E-state index is 0.00200. The molecule has 0 fully saturated rings. The summed E-state index contributed by atoms with van der Waals surface area (Å²) in [6.45, 7) is 2.55. The van der Waals surface area contributed by atoms with Gasteiger partial charge in [-0.2, -0.15) is 0 Å². The van der Waals surface area contributed by atoms with Crippen molar-refractivity contribution in [3.63, 3.8) is 0 Å². The first-order valence-electron chi connectivity index (χ1n) is 8.63. The lowest BCUT2D eigenvalue weighted by Crippen LogP contribution is -2.30. The maximum absolute atomic E-state index is 12.5. The first-order chi connectivity index (χ1) is 11.9. The van der Waals surface area contributed by atoms with Crippen molar-refractivity contribution >= 4 is 58.2 Å². The molecule has 0 N–H and O–H groups in total. The highest BCUT2D eigenvalue weighted by Gasteiger charge is 2.41. The molecule has 2 amide bonds. The molecule has 0 bridgehead atoms. The molecule has 0 spiro atoms. The van der Waals surface area contributed by atoms with Crippen molar-refractivity contribution in [2.45, 2.75) is 58.3 Å². The van der Waals surface area contributed by atoms with Crippen LogP contribution < -0.4 is 0 Å². The maximum atomic E-state index is 12.5. The second-order valence-corrected chi connectivity index (χ2v) is 7.75. The van der Waals surface area contributed by atoms with E-state index in [9.17, 15) is 9.59 Å². The quantitative estimate of drug-likeness (QED) is 0.184. The van der Waals surface area contributed by atoms with Crippen molar-refractivity contribution in [2.75, 3.05) is 6.54 Å². The molecule has 0 atom stereocenters. The Hall–Kier alpha value is -0.480. The van der Waals surface area contributed by atoms with E-state index in [-0.39, 0.29) is 31.2 Å². The summed E-state index contributed by atoms with van der Waals surface area (Å²) in [5, 5.41) is -0.0185. The van der Waals surface area contributed by atoms with E-state index in [0.717, 1.165) is 19.3 Å². The lowest BCUT2D eigenvalue weighted by molar-refractivity contribution is 0.0651. The number of rotatable bonds is 9. The molecule has 0 unspecified atom stereocenters. The van der Waals surface area contributed by atoms with Gasteiger partial charge in [-0.25, -0.2) is 0 Å². The highest BCUT2D eigenvalue weighted by atomic mass is 35.5. The molecule has 1 heterocycles. The molecule has 1 aromatic rings. The van der Waals surface area contributed by atoms with Gasteiger partial charge in [0.1, 0.15) is 0 Å². The van der Waals surface area contributed by atoms with E-state index in [1.165, 1.54) is 37.0 Å². The summed E-state index contributed by atoms with van der Waals surface area (Å²) in [4.78, 5) is 26.3. The zero-order chi connectivity index (χ0) is 18.6. The van der Waals surface area contributed by atoms with Gasteiger partial charge in [-0.1, -0.05) is 98.3 Å². The molecule has 0 aromatic heterocycles. The van der Waals surface area contributed by atoms with Gasteiger partial charge >= 0.3 is 0 Å². The molecule has 0 saturated carbocycles. The lowest BCUT2D eigenvalue weighted by Gasteiger charge is -2.13. The van der Waals surface area contributed by atoms with Gasteiger partial charge < -0.3 is 0 Å². The number of halogens is 4. The molecule has 1 aliphatic heterocycles. The Morgan fingerprint density at radius 3 is 1.48 bits per heavy atom. The van der Waals surface area contributed by atoms with Gasteiger partial charge in [0.2, 0.25) is 0 Å². The third-order valence-electron chi connectivity index (χ3n) is 4.42. The molecule has 138 valence electrons. The second-order valence-electron chi connectivity index (χ2n) is 6.24. The molecular weight excluding hydrogens is 404 g/mol. The second kappa shape index (κ2) is 9.45. The van der Waals surface area contributed by atoms with Gasteiger partial charge in [0.25, 0.3) is 11.8 Å². The van der Waals surface area contributed by atoms with E-state index in [1.807, 2.05) is 0 Å². The van der Waals surface area contributed by atoms with E-state index >= 15 is 0 Å². The Kier molecular flexibility index (Phi) is 7.88. The summed E-state index contributed by atoms with van der Waals surface area (Å²) in [6, 6.07) is 0. The van der Waals surface area contributed by atoms with Crippen LogP contribution >= 0.6 is 46.4 Å². The Morgan fingerprint density at radius 1 is 0.640 bits per heavy atom. The average molecular weight is 425 g/mol. The van der Waals surface area contributed by atoms with Crippen LogP contribution in [0.4, 0.5) is 0 Å². The largest absolute Gasteiger partial charge is 0.274 e. The molecule has 1 aromatic carbocycles. The van der Waals surface area contributed by atoms with Crippen LogP contribution in [0.3, 0.4) is 0 Å². The third-order valence-corrected chi connectivity index (χ3v) is 6.22. The number of unbranched alkanes of at least 4 members (excludes halogenated alkanes) is 7. The monoisotopic (exact) mass is 423 g/mol. The summed E-state index contributed by atoms with van der Waals surface area (Å²) in [5.74, 6) is -0.901. The van der Waals surface area contributed by atoms with Crippen LogP contribution in [-0.2, 0) is 0 Å². The van der Waals surface area contributed by atoms with Crippen molar-refractivity contribution in [3.05, 3.63) is 31.2 Å². The minimum atomic E-state index is -0.451. The average Bonchev–Trinajstić information content (AvgIpc) is 2.84. The number of amides is 2. The Labute approximate surface area is 168 Å². The number of fused-ring (bicyclic) bond motifs is 1. The van der Waals surface area contributed by atoms with Crippen molar-refractivity contribution in [1.82, 2.24) is 4.90 Å². The van der Waals surface area contributed by atoms with E-state index in [1.54, 1.807) is 0 Å². The Balaban J connectivity index is 1.94. The van der Waals surface area contributed by atoms with Gasteiger partial charge in [-0.05, 0) is 6.42 Å². The molecule has 3 nitrogen and oxygen atoms in total. The van der Waals surface area contributed by atoms with Crippen molar-refractivity contribution in [3.8, 4) is 0 Å². The third kappa shape index (κ3) is 4.44. The molecule has 0 aliphatic carbocycles. The highest BCUT2D eigenvalue weighted by molar-refractivity contribution is 6.55. The molecule has 2 rings (SSSR count). The minimum Gasteiger partial charge on any atom is -0.274 e. The van der Waals surface area contributed by atoms with Gasteiger partial charge in [0.15, 0.2) is 0 Å². The fourth-order valence-corrected chi connectivity index (χ4v) is 4.02. The standard InChI is InChI=1S/C18H21Cl4NO2/c1-2-3-4-5-6-7-8-9-10-23-17(24)11-12(18(23)25)14(20)16(22)15(21)13(11)19/h2-10H2,1H3. The Morgan fingerprint density at radius 2 is 1.04 bits per heavy atom. The summed E-state index contributed by atoms with van der Waals surface area (Å²) in [5.41, 5.74) is 0.122. The highest BCUT2D eigenvalue weighted by Crippen LogP contribution is 2.44. The summed E-state index contributed by atoms with van der Waals surface area (Å²) in [7, 11) is 0. The SMILES string of the molecule is CCCCCCCCCCN1C(=O)c2c(Cl)c(Cl)c(Cl)c(Cl)c2C1=O. The number of imide groups is 1. The number of carbonyl (C=O) groups excluding carboxylic acids is 2.